The van der Waals surface area contributed by atoms with Crippen LogP contribution in [0, 0.1) is 17.0 Å². The number of ether oxygens (including phenoxy) is 2. The molecule has 0 radical (unpaired) electrons. The minimum absolute atomic E-state index is 0.210. The van der Waals surface area contributed by atoms with Gasteiger partial charge in [-0.2, -0.15) is 0 Å². The minimum atomic E-state index is -0.832. The van der Waals surface area contributed by atoms with Gasteiger partial charge in [-0.15, -0.1) is 0 Å². The molecule has 0 saturated carbocycles. The van der Waals surface area contributed by atoms with Crippen molar-refractivity contribution in [2.24, 2.45) is 0 Å². The second kappa shape index (κ2) is 6.85. The highest BCUT2D eigenvalue weighted by Crippen LogP contribution is 2.36. The van der Waals surface area contributed by atoms with E-state index in [1.54, 1.807) is 13.0 Å². The van der Waals surface area contributed by atoms with E-state index in [-0.39, 0.29) is 22.0 Å². The van der Waals surface area contributed by atoms with Crippen molar-refractivity contribution in [1.29, 1.82) is 0 Å². The first-order valence-electron chi connectivity index (χ1n) is 6.33. The molecule has 8 heteroatoms. The molecule has 2 aromatic rings. The number of nitrogens with zero attached hydrogens (tertiary/aromatic N) is 1. The number of carbonyl (C=O) groups excluding carboxylic acids is 1. The van der Waals surface area contributed by atoms with Crippen molar-refractivity contribution in [2.75, 3.05) is 7.11 Å². The number of aryl methyl sites for hydroxylation is 1. The van der Waals surface area contributed by atoms with E-state index in [1.807, 2.05) is 0 Å². The Balaban J connectivity index is 2.46. The third-order valence-corrected chi connectivity index (χ3v) is 3.48. The van der Waals surface area contributed by atoms with Gasteiger partial charge in [-0.05, 0) is 30.7 Å². The molecule has 0 saturated heterocycles. The van der Waals surface area contributed by atoms with Gasteiger partial charge in [0.25, 0.3) is 5.69 Å². The van der Waals surface area contributed by atoms with Crippen LogP contribution >= 0.6 is 23.2 Å². The lowest BCUT2D eigenvalue weighted by atomic mass is 10.1. The van der Waals surface area contributed by atoms with Gasteiger partial charge in [0.2, 0.25) is 0 Å². The fourth-order valence-corrected chi connectivity index (χ4v) is 2.58. The molecule has 0 N–H and O–H groups in total. The number of nitro groups is 1. The highest BCUT2D eigenvalue weighted by Gasteiger charge is 2.22. The number of rotatable bonds is 4. The maximum Gasteiger partial charge on any atom is 0.345 e. The predicted octanol–water partition coefficient (Wildman–Crippen LogP) is 4.79. The van der Waals surface area contributed by atoms with Crippen LogP contribution in [-0.2, 0) is 4.74 Å². The lowest BCUT2D eigenvalue weighted by Gasteiger charge is -2.12. The molecule has 2 rings (SSSR count). The van der Waals surface area contributed by atoms with Crippen molar-refractivity contribution in [3.8, 4) is 11.5 Å². The molecule has 0 aromatic heterocycles. The summed E-state index contributed by atoms with van der Waals surface area (Å²) in [6, 6.07) is 6.94. The molecule has 120 valence electrons. The molecule has 23 heavy (non-hydrogen) atoms. The van der Waals surface area contributed by atoms with Crippen LogP contribution in [0.4, 0.5) is 5.69 Å². The molecule has 0 fully saturated rings. The van der Waals surface area contributed by atoms with Crippen LogP contribution in [0.2, 0.25) is 10.0 Å². The zero-order valence-corrected chi connectivity index (χ0v) is 13.6. The lowest BCUT2D eigenvalue weighted by molar-refractivity contribution is -0.385. The van der Waals surface area contributed by atoms with Gasteiger partial charge in [-0.25, -0.2) is 4.79 Å². The average Bonchev–Trinajstić information content (AvgIpc) is 2.49. The quantitative estimate of drug-likeness (QED) is 0.447. The second-order valence-electron chi connectivity index (χ2n) is 4.56. The van der Waals surface area contributed by atoms with Crippen LogP contribution in [0.15, 0.2) is 30.3 Å². The van der Waals surface area contributed by atoms with E-state index in [9.17, 15) is 14.9 Å². The third-order valence-electron chi connectivity index (χ3n) is 2.98. The van der Waals surface area contributed by atoms with Crippen molar-refractivity contribution in [3.05, 3.63) is 61.6 Å². The van der Waals surface area contributed by atoms with E-state index in [0.29, 0.717) is 16.3 Å². The number of carbonyl (C=O) groups is 1. The van der Waals surface area contributed by atoms with Gasteiger partial charge in [0.1, 0.15) is 17.1 Å². The number of hydrogen-bond donors (Lipinski definition) is 0. The Morgan fingerprint density at radius 2 is 1.91 bits per heavy atom. The first-order chi connectivity index (χ1) is 10.8. The Hall–Kier alpha value is -2.31. The molecule has 2 aromatic carbocycles. The molecule has 0 aliphatic carbocycles. The SMILES string of the molecule is COC(=O)c1cc(Oc2c(C)cc(Cl)cc2Cl)ccc1[N+](=O)[O-]. The maximum absolute atomic E-state index is 11.7. The Morgan fingerprint density at radius 1 is 1.22 bits per heavy atom. The van der Waals surface area contributed by atoms with Gasteiger partial charge >= 0.3 is 5.97 Å². The number of methoxy groups -OCH3 is 1. The Labute approximate surface area is 141 Å². The fourth-order valence-electron chi connectivity index (χ4n) is 1.95. The predicted molar refractivity (Wildman–Crippen MR) is 85.7 cm³/mol. The normalized spacial score (nSPS) is 10.3. The summed E-state index contributed by atoms with van der Waals surface area (Å²) < 4.78 is 10.2. The first-order valence-corrected chi connectivity index (χ1v) is 7.09. The summed E-state index contributed by atoms with van der Waals surface area (Å²) in [4.78, 5) is 22.0. The molecule has 0 aliphatic rings. The zero-order chi connectivity index (χ0) is 17.1. The van der Waals surface area contributed by atoms with Crippen LogP contribution in [0.25, 0.3) is 0 Å². The van der Waals surface area contributed by atoms with Crippen LogP contribution in [0.1, 0.15) is 15.9 Å². The van der Waals surface area contributed by atoms with Crippen molar-refractivity contribution in [3.63, 3.8) is 0 Å². The number of esters is 1. The zero-order valence-electron chi connectivity index (χ0n) is 12.1. The number of halogens is 2. The van der Waals surface area contributed by atoms with Crippen LogP contribution in [-0.4, -0.2) is 18.0 Å². The van der Waals surface area contributed by atoms with Crippen molar-refractivity contribution in [1.82, 2.24) is 0 Å². The molecule has 0 spiro atoms. The average molecular weight is 356 g/mol. The maximum atomic E-state index is 11.7. The molecule has 6 nitrogen and oxygen atoms in total. The van der Waals surface area contributed by atoms with Gasteiger partial charge < -0.3 is 9.47 Å². The Bertz CT molecular complexity index is 768. The summed E-state index contributed by atoms with van der Waals surface area (Å²) >= 11 is 12.0. The van der Waals surface area contributed by atoms with E-state index in [1.165, 1.54) is 24.3 Å². The van der Waals surface area contributed by atoms with Gasteiger partial charge in [0.05, 0.1) is 17.1 Å². The smallest absolute Gasteiger partial charge is 0.345 e. The van der Waals surface area contributed by atoms with Gasteiger partial charge in [-0.3, -0.25) is 10.1 Å². The van der Waals surface area contributed by atoms with E-state index < -0.39 is 10.9 Å². The monoisotopic (exact) mass is 355 g/mol. The summed E-state index contributed by atoms with van der Waals surface area (Å²) in [6.45, 7) is 1.75. The fraction of sp³-hybridized carbons (Fsp3) is 0.133. The van der Waals surface area contributed by atoms with Crippen LogP contribution < -0.4 is 4.74 Å². The highest BCUT2D eigenvalue weighted by atomic mass is 35.5. The summed E-state index contributed by atoms with van der Waals surface area (Å²) in [6.07, 6.45) is 0. The molecule has 0 aliphatic heterocycles. The topological polar surface area (TPSA) is 78.7 Å². The molecule has 0 unspecified atom stereocenters. The minimum Gasteiger partial charge on any atom is -0.465 e. The Kier molecular flexibility index (Phi) is 5.08. The van der Waals surface area contributed by atoms with E-state index in [2.05, 4.69) is 4.74 Å². The van der Waals surface area contributed by atoms with Crippen LogP contribution in [0.5, 0.6) is 11.5 Å². The lowest BCUT2D eigenvalue weighted by Crippen LogP contribution is -2.06. The summed E-state index contributed by atoms with van der Waals surface area (Å²) in [5, 5.41) is 11.7. The van der Waals surface area contributed by atoms with Crippen molar-refractivity contribution < 1.29 is 19.2 Å². The van der Waals surface area contributed by atoms with Gasteiger partial charge in [0, 0.05) is 17.2 Å². The van der Waals surface area contributed by atoms with Gasteiger partial charge in [0.15, 0.2) is 0 Å². The molecule has 0 heterocycles. The van der Waals surface area contributed by atoms with E-state index in [4.69, 9.17) is 27.9 Å². The first kappa shape index (κ1) is 17.1. The number of nitro benzene ring substituents is 1. The van der Waals surface area contributed by atoms with E-state index in [0.717, 1.165) is 7.11 Å². The number of benzene rings is 2. The third kappa shape index (κ3) is 3.72. The number of hydrogen-bond acceptors (Lipinski definition) is 5. The molecular weight excluding hydrogens is 345 g/mol. The van der Waals surface area contributed by atoms with Crippen molar-refractivity contribution >= 4 is 34.9 Å². The van der Waals surface area contributed by atoms with Gasteiger partial charge in [-0.1, -0.05) is 23.2 Å². The summed E-state index contributed by atoms with van der Waals surface area (Å²) in [5.41, 5.74) is 0.0985. The summed E-state index contributed by atoms with van der Waals surface area (Å²) in [7, 11) is 1.14. The standard InChI is InChI=1S/C15H11Cl2NO5/c1-8-5-9(16)6-12(17)14(8)23-10-3-4-13(18(20)21)11(7-10)15(19)22-2/h3-7H,1-2H3. The summed E-state index contributed by atoms with van der Waals surface area (Å²) in [5.74, 6) is -0.273. The molecule has 0 atom stereocenters. The molecule has 0 amide bonds. The highest BCUT2D eigenvalue weighted by molar-refractivity contribution is 6.35. The second-order valence-corrected chi connectivity index (χ2v) is 5.41. The van der Waals surface area contributed by atoms with Crippen molar-refractivity contribution in [2.45, 2.75) is 6.92 Å². The molecule has 0 bridgehead atoms. The molecular formula is C15H11Cl2NO5. The van der Waals surface area contributed by atoms with Crippen LogP contribution in [0.3, 0.4) is 0 Å². The Morgan fingerprint density at radius 3 is 2.48 bits per heavy atom. The largest absolute Gasteiger partial charge is 0.465 e. The van der Waals surface area contributed by atoms with E-state index >= 15 is 0 Å².